The summed E-state index contributed by atoms with van der Waals surface area (Å²) in [6.07, 6.45) is -0.437. The topological polar surface area (TPSA) is 102 Å². The summed E-state index contributed by atoms with van der Waals surface area (Å²) in [5.74, 6) is -0.894. The Morgan fingerprint density at radius 3 is 2.13 bits per heavy atom. The largest absolute Gasteiger partial charge is 0.444 e. The maximum Gasteiger partial charge on any atom is 0.408 e. The molecule has 1 aliphatic rings. The number of hydrogen-bond acceptors (Lipinski definition) is 5. The quantitative estimate of drug-likeness (QED) is 0.742. The van der Waals surface area contributed by atoms with Crippen molar-refractivity contribution in [1.82, 2.24) is 10.6 Å². The first-order chi connectivity index (χ1) is 13.9. The van der Waals surface area contributed by atoms with Crippen molar-refractivity contribution in [3.8, 4) is 0 Å². The summed E-state index contributed by atoms with van der Waals surface area (Å²) in [5.41, 5.74) is 0.937. The Hall–Kier alpha value is -2.96. The number of Topliss-reactive ketones (excluding diaryl/α,β-unsaturated/α-hetero) is 2. The molecule has 0 spiro atoms. The van der Waals surface area contributed by atoms with Gasteiger partial charge in [0.2, 0.25) is 5.91 Å². The minimum atomic E-state index is -0.778. The summed E-state index contributed by atoms with van der Waals surface area (Å²) in [5, 5.41) is 5.35. The molecule has 0 saturated carbocycles. The number of carbonyl (C=O) groups is 4. The van der Waals surface area contributed by atoms with Crippen LogP contribution in [-0.4, -0.2) is 41.8 Å². The number of fused-ring (bicyclic) bond motifs is 1. The zero-order chi connectivity index (χ0) is 22.6. The molecule has 0 bridgehead atoms. The van der Waals surface area contributed by atoms with Gasteiger partial charge in [0.25, 0.3) is 0 Å². The molecule has 0 fully saturated rings. The Morgan fingerprint density at radius 2 is 1.60 bits per heavy atom. The van der Waals surface area contributed by atoms with Crippen molar-refractivity contribution in [2.75, 3.05) is 6.54 Å². The second kappa shape index (κ2) is 9.24. The van der Waals surface area contributed by atoms with E-state index in [0.29, 0.717) is 22.3 Å². The fourth-order valence-electron chi connectivity index (χ4n) is 3.24. The van der Waals surface area contributed by atoms with Gasteiger partial charge >= 0.3 is 6.09 Å². The van der Waals surface area contributed by atoms with Gasteiger partial charge in [-0.25, -0.2) is 4.79 Å². The first-order valence-electron chi connectivity index (χ1n) is 10.1. The summed E-state index contributed by atoms with van der Waals surface area (Å²) in [7, 11) is 0. The van der Waals surface area contributed by atoms with Crippen LogP contribution in [0.15, 0.2) is 35.4 Å². The Labute approximate surface area is 177 Å². The van der Waals surface area contributed by atoms with E-state index in [4.69, 9.17) is 4.74 Å². The summed E-state index contributed by atoms with van der Waals surface area (Å²) in [6, 6.07) is 5.96. The lowest BCUT2D eigenvalue weighted by molar-refractivity contribution is -0.124. The minimum Gasteiger partial charge on any atom is -0.444 e. The maximum absolute atomic E-state index is 12.8. The van der Waals surface area contributed by atoms with E-state index in [0.717, 1.165) is 0 Å². The van der Waals surface area contributed by atoms with Crippen LogP contribution < -0.4 is 10.6 Å². The molecule has 1 aliphatic carbocycles. The number of ether oxygens (including phenoxy) is 1. The molecule has 0 aliphatic heterocycles. The third-order valence-electron chi connectivity index (χ3n) is 4.78. The number of amides is 2. The van der Waals surface area contributed by atoms with Crippen LogP contribution in [0.3, 0.4) is 0 Å². The van der Waals surface area contributed by atoms with E-state index < -0.39 is 17.7 Å². The summed E-state index contributed by atoms with van der Waals surface area (Å²) >= 11 is 0. The highest BCUT2D eigenvalue weighted by Gasteiger charge is 2.30. The Bertz CT molecular complexity index is 893. The second-order valence-electron chi connectivity index (χ2n) is 8.72. The van der Waals surface area contributed by atoms with Gasteiger partial charge in [-0.1, -0.05) is 38.1 Å². The molecule has 2 rings (SSSR count). The van der Waals surface area contributed by atoms with Crippen LogP contribution >= 0.6 is 0 Å². The molecule has 7 nitrogen and oxygen atoms in total. The van der Waals surface area contributed by atoms with Gasteiger partial charge < -0.3 is 15.4 Å². The van der Waals surface area contributed by atoms with Crippen molar-refractivity contribution < 1.29 is 23.9 Å². The van der Waals surface area contributed by atoms with E-state index in [1.807, 2.05) is 13.8 Å². The Kier molecular flexibility index (Phi) is 7.18. The number of alkyl carbamates (subject to hydrolysis) is 1. The zero-order valence-corrected chi connectivity index (χ0v) is 18.4. The fraction of sp³-hybridized carbons (Fsp3) is 0.478. The molecule has 0 heterocycles. The number of allylic oxidation sites excluding steroid dienone is 1. The van der Waals surface area contributed by atoms with Gasteiger partial charge in [-0.15, -0.1) is 0 Å². The van der Waals surface area contributed by atoms with Gasteiger partial charge in [0.05, 0.1) is 0 Å². The lowest BCUT2D eigenvalue weighted by atomic mass is 9.83. The van der Waals surface area contributed by atoms with Crippen molar-refractivity contribution in [3.63, 3.8) is 0 Å². The molecular formula is C23H30N2O5. The maximum atomic E-state index is 12.8. The molecule has 1 aromatic carbocycles. The standard InChI is InChI=1S/C23H30N2O5/c1-13(2)18(25-22(29)30-23(4,5)6)21(28)24-12-11-15-14(3)19(26)16-9-7-8-10-17(16)20(15)27/h7-10,13,18H,11-12H2,1-6H3,(H,24,28)(H,25,29)/t18-/m1/s1. The molecule has 162 valence electrons. The SMILES string of the molecule is CC1=C(CCNC(=O)[C@H](NC(=O)OC(C)(C)C)C(C)C)C(=O)c2ccccc2C1=O. The molecule has 7 heteroatoms. The van der Waals surface area contributed by atoms with Gasteiger partial charge in [0.15, 0.2) is 11.6 Å². The molecule has 0 radical (unpaired) electrons. The molecular weight excluding hydrogens is 384 g/mol. The number of nitrogens with one attached hydrogen (secondary N) is 2. The average molecular weight is 415 g/mol. The van der Waals surface area contributed by atoms with E-state index in [2.05, 4.69) is 10.6 Å². The van der Waals surface area contributed by atoms with Crippen molar-refractivity contribution in [1.29, 1.82) is 0 Å². The van der Waals surface area contributed by atoms with Gasteiger partial charge in [-0.2, -0.15) is 0 Å². The molecule has 30 heavy (non-hydrogen) atoms. The van der Waals surface area contributed by atoms with Crippen LogP contribution in [0.25, 0.3) is 0 Å². The van der Waals surface area contributed by atoms with Crippen molar-refractivity contribution in [2.24, 2.45) is 5.92 Å². The minimum absolute atomic E-state index is 0.164. The summed E-state index contributed by atoms with van der Waals surface area (Å²) in [6.45, 7) is 10.7. The van der Waals surface area contributed by atoms with Gasteiger partial charge in [-0.05, 0) is 40.0 Å². The third-order valence-corrected chi connectivity index (χ3v) is 4.78. The van der Waals surface area contributed by atoms with E-state index in [-0.39, 0.29) is 36.4 Å². The van der Waals surface area contributed by atoms with Crippen molar-refractivity contribution in [2.45, 2.75) is 59.6 Å². The fourth-order valence-corrected chi connectivity index (χ4v) is 3.24. The predicted octanol–water partition coefficient (Wildman–Crippen LogP) is 3.44. The average Bonchev–Trinajstić information content (AvgIpc) is 2.65. The Balaban J connectivity index is 2.01. The van der Waals surface area contributed by atoms with Crippen LogP contribution in [0.2, 0.25) is 0 Å². The number of ketones is 2. The van der Waals surface area contributed by atoms with Crippen LogP contribution in [0.5, 0.6) is 0 Å². The lowest BCUT2D eigenvalue weighted by Crippen LogP contribution is -2.51. The van der Waals surface area contributed by atoms with Crippen molar-refractivity contribution >= 4 is 23.6 Å². The second-order valence-corrected chi connectivity index (χ2v) is 8.72. The summed E-state index contributed by atoms with van der Waals surface area (Å²) < 4.78 is 5.22. The summed E-state index contributed by atoms with van der Waals surface area (Å²) in [4.78, 5) is 50.0. The normalized spacial score (nSPS) is 15.0. The number of hydrogen-bond donors (Lipinski definition) is 2. The number of carbonyl (C=O) groups excluding carboxylic acids is 4. The molecule has 1 aromatic rings. The smallest absolute Gasteiger partial charge is 0.408 e. The highest BCUT2D eigenvalue weighted by atomic mass is 16.6. The first-order valence-corrected chi connectivity index (χ1v) is 10.1. The molecule has 0 aromatic heterocycles. The number of benzene rings is 1. The number of rotatable bonds is 6. The van der Waals surface area contributed by atoms with Gasteiger partial charge in [-0.3, -0.25) is 14.4 Å². The molecule has 2 N–H and O–H groups in total. The molecule has 0 saturated heterocycles. The van der Waals surface area contributed by atoms with Gasteiger partial charge in [0, 0.05) is 28.8 Å². The van der Waals surface area contributed by atoms with Crippen LogP contribution in [0.1, 0.15) is 68.7 Å². The van der Waals surface area contributed by atoms with Crippen LogP contribution in [-0.2, 0) is 9.53 Å². The molecule has 1 atom stereocenters. The van der Waals surface area contributed by atoms with E-state index in [1.54, 1.807) is 52.0 Å². The van der Waals surface area contributed by atoms with Crippen LogP contribution in [0.4, 0.5) is 4.79 Å². The monoisotopic (exact) mass is 414 g/mol. The first kappa shape index (κ1) is 23.3. The van der Waals surface area contributed by atoms with Gasteiger partial charge in [0.1, 0.15) is 11.6 Å². The highest BCUT2D eigenvalue weighted by Crippen LogP contribution is 2.27. The van der Waals surface area contributed by atoms with E-state index in [9.17, 15) is 19.2 Å². The zero-order valence-electron chi connectivity index (χ0n) is 18.4. The predicted molar refractivity (Wildman–Crippen MR) is 113 cm³/mol. The molecule has 2 amide bonds. The van der Waals surface area contributed by atoms with Crippen LogP contribution in [0, 0.1) is 5.92 Å². The third kappa shape index (κ3) is 5.55. The lowest BCUT2D eigenvalue weighted by Gasteiger charge is -2.25. The molecule has 0 unspecified atom stereocenters. The van der Waals surface area contributed by atoms with E-state index >= 15 is 0 Å². The highest BCUT2D eigenvalue weighted by molar-refractivity contribution is 6.26. The Morgan fingerprint density at radius 1 is 1.03 bits per heavy atom. The van der Waals surface area contributed by atoms with E-state index in [1.165, 1.54) is 0 Å². The van der Waals surface area contributed by atoms with Crippen molar-refractivity contribution in [3.05, 3.63) is 46.5 Å².